The quantitative estimate of drug-likeness (QED) is 0.528. The Balaban J connectivity index is 0.00000172. The highest BCUT2D eigenvalue weighted by molar-refractivity contribution is 6.01. The minimum atomic E-state index is 0.0127. The van der Waals surface area contributed by atoms with E-state index in [1.54, 1.807) is 42.5 Å². The van der Waals surface area contributed by atoms with Gasteiger partial charge in [-0.05, 0) is 23.3 Å². The van der Waals surface area contributed by atoms with Crippen molar-refractivity contribution in [1.29, 1.82) is 5.41 Å². The first-order valence-electron chi connectivity index (χ1n) is 6.01. The number of benzene rings is 1. The van der Waals surface area contributed by atoms with Crippen LogP contribution in [0.5, 0.6) is 5.75 Å². The summed E-state index contributed by atoms with van der Waals surface area (Å²) in [5.74, 6) is 0.666. The van der Waals surface area contributed by atoms with E-state index < -0.39 is 0 Å². The summed E-state index contributed by atoms with van der Waals surface area (Å²) in [5, 5.41) is 23.7. The number of allylic oxidation sites excluding steroid dienone is 3. The predicted molar refractivity (Wildman–Crippen MR) is 82.2 cm³/mol. The zero-order valence-corrected chi connectivity index (χ0v) is 11.7. The van der Waals surface area contributed by atoms with Gasteiger partial charge in [-0.1, -0.05) is 43.5 Å². The first-order valence-corrected chi connectivity index (χ1v) is 6.01. The van der Waals surface area contributed by atoms with Crippen LogP contribution >= 0.6 is 0 Å². The smallest absolute Gasteiger partial charge is 0.130 e. The van der Waals surface area contributed by atoms with E-state index in [0.717, 1.165) is 12.7 Å². The SMILES string of the molecule is C=C/C=C(\C=C)C(=N)COc1ccc(CO)cc1.CO. The molecule has 0 amide bonds. The normalized spacial score (nSPS) is 10.1. The predicted octanol–water partition coefficient (Wildman–Crippen LogP) is 2.48. The lowest BCUT2D eigenvalue weighted by Gasteiger charge is -2.08. The standard InChI is InChI=1S/C15H17NO2.CH4O/c1-3-5-13(4-2)15(16)11-18-14-8-6-12(10-17)7-9-14;1-2/h3-9,16-17H,1-2,10-11H2;2H,1H3/b13-5+,16-15?;. The van der Waals surface area contributed by atoms with Crippen molar-refractivity contribution in [2.45, 2.75) is 6.61 Å². The number of rotatable bonds is 7. The number of aliphatic hydroxyl groups is 2. The fourth-order valence-corrected chi connectivity index (χ4v) is 1.35. The van der Waals surface area contributed by atoms with Crippen molar-refractivity contribution in [3.05, 3.63) is 66.8 Å². The van der Waals surface area contributed by atoms with Crippen molar-refractivity contribution in [2.75, 3.05) is 13.7 Å². The third-order valence-electron chi connectivity index (χ3n) is 2.35. The number of aliphatic hydroxyl groups excluding tert-OH is 2. The first-order chi connectivity index (χ1) is 9.71. The Morgan fingerprint density at radius 3 is 2.30 bits per heavy atom. The van der Waals surface area contributed by atoms with Gasteiger partial charge in [0.2, 0.25) is 0 Å². The molecule has 0 aliphatic heterocycles. The molecule has 0 aliphatic rings. The zero-order chi connectivity index (χ0) is 15.4. The molecule has 0 spiro atoms. The first kappa shape index (κ1) is 17.8. The minimum Gasteiger partial charge on any atom is -0.487 e. The number of ether oxygens (including phenoxy) is 1. The van der Waals surface area contributed by atoms with E-state index in [0.29, 0.717) is 17.0 Å². The second kappa shape index (κ2) is 10.7. The van der Waals surface area contributed by atoms with Crippen LogP contribution in [-0.2, 0) is 6.61 Å². The van der Waals surface area contributed by atoms with Gasteiger partial charge in [0.15, 0.2) is 0 Å². The third-order valence-corrected chi connectivity index (χ3v) is 2.35. The van der Waals surface area contributed by atoms with Crippen molar-refractivity contribution in [1.82, 2.24) is 0 Å². The molecule has 1 aromatic carbocycles. The Labute approximate surface area is 119 Å². The van der Waals surface area contributed by atoms with Crippen LogP contribution in [-0.4, -0.2) is 29.6 Å². The highest BCUT2D eigenvalue weighted by Gasteiger charge is 2.02. The summed E-state index contributed by atoms with van der Waals surface area (Å²) in [5.41, 5.74) is 1.86. The lowest BCUT2D eigenvalue weighted by molar-refractivity contribution is 0.281. The number of nitrogens with one attached hydrogen (secondary N) is 1. The maximum atomic E-state index is 8.91. The fraction of sp³-hybridized carbons (Fsp3) is 0.188. The molecular formula is C16H21NO3. The average Bonchev–Trinajstić information content (AvgIpc) is 2.52. The Kier molecular flexibility index (Phi) is 9.56. The molecule has 0 heterocycles. The summed E-state index contributed by atoms with van der Waals surface area (Å²) < 4.78 is 5.47. The van der Waals surface area contributed by atoms with Gasteiger partial charge < -0.3 is 20.4 Å². The van der Waals surface area contributed by atoms with Crippen molar-refractivity contribution < 1.29 is 14.9 Å². The Bertz CT molecular complexity index is 461. The number of hydrogen-bond donors (Lipinski definition) is 3. The molecule has 0 aromatic heterocycles. The molecule has 108 valence electrons. The molecule has 4 heteroatoms. The molecule has 0 atom stereocenters. The van der Waals surface area contributed by atoms with Crippen molar-refractivity contribution in [3.8, 4) is 5.75 Å². The van der Waals surface area contributed by atoms with Crippen molar-refractivity contribution in [3.63, 3.8) is 0 Å². The molecular weight excluding hydrogens is 254 g/mol. The monoisotopic (exact) mass is 275 g/mol. The maximum Gasteiger partial charge on any atom is 0.130 e. The van der Waals surface area contributed by atoms with Crippen LogP contribution in [0, 0.1) is 5.41 Å². The molecule has 0 fully saturated rings. The lowest BCUT2D eigenvalue weighted by atomic mass is 10.1. The molecule has 1 aromatic rings. The average molecular weight is 275 g/mol. The van der Waals surface area contributed by atoms with E-state index in [2.05, 4.69) is 13.2 Å². The van der Waals surface area contributed by atoms with Gasteiger partial charge in [-0.3, -0.25) is 0 Å². The van der Waals surface area contributed by atoms with Gasteiger partial charge in [0.25, 0.3) is 0 Å². The van der Waals surface area contributed by atoms with Gasteiger partial charge in [0.1, 0.15) is 12.4 Å². The van der Waals surface area contributed by atoms with Crippen LogP contribution in [0.1, 0.15) is 5.56 Å². The van der Waals surface area contributed by atoms with E-state index in [1.807, 2.05) is 0 Å². The second-order valence-electron chi connectivity index (χ2n) is 3.63. The van der Waals surface area contributed by atoms with Gasteiger partial charge in [-0.2, -0.15) is 0 Å². The largest absolute Gasteiger partial charge is 0.487 e. The fourth-order valence-electron chi connectivity index (χ4n) is 1.35. The molecule has 0 saturated heterocycles. The highest BCUT2D eigenvalue weighted by atomic mass is 16.5. The van der Waals surface area contributed by atoms with E-state index in [9.17, 15) is 0 Å². The molecule has 20 heavy (non-hydrogen) atoms. The molecule has 4 nitrogen and oxygen atoms in total. The van der Waals surface area contributed by atoms with Gasteiger partial charge in [0, 0.05) is 7.11 Å². The van der Waals surface area contributed by atoms with Crippen LogP contribution in [0.3, 0.4) is 0 Å². The van der Waals surface area contributed by atoms with Crippen LogP contribution < -0.4 is 4.74 Å². The van der Waals surface area contributed by atoms with Crippen LogP contribution in [0.25, 0.3) is 0 Å². The van der Waals surface area contributed by atoms with Gasteiger partial charge >= 0.3 is 0 Å². The topological polar surface area (TPSA) is 73.5 Å². The molecule has 0 bridgehead atoms. The molecule has 0 radical (unpaired) electrons. The third kappa shape index (κ3) is 6.13. The highest BCUT2D eigenvalue weighted by Crippen LogP contribution is 2.12. The van der Waals surface area contributed by atoms with E-state index in [4.69, 9.17) is 20.4 Å². The van der Waals surface area contributed by atoms with Gasteiger partial charge in [-0.25, -0.2) is 0 Å². The summed E-state index contributed by atoms with van der Waals surface area (Å²) in [6, 6.07) is 7.10. The Morgan fingerprint density at radius 1 is 1.25 bits per heavy atom. The summed E-state index contributed by atoms with van der Waals surface area (Å²) in [4.78, 5) is 0. The molecule has 1 rings (SSSR count). The molecule has 0 aliphatic carbocycles. The molecule has 0 unspecified atom stereocenters. The molecule has 3 N–H and O–H groups in total. The van der Waals surface area contributed by atoms with Crippen LogP contribution in [0.2, 0.25) is 0 Å². The second-order valence-corrected chi connectivity index (χ2v) is 3.63. The Morgan fingerprint density at radius 2 is 1.85 bits per heavy atom. The van der Waals surface area contributed by atoms with E-state index >= 15 is 0 Å². The van der Waals surface area contributed by atoms with E-state index in [1.165, 1.54) is 0 Å². The zero-order valence-electron chi connectivity index (χ0n) is 11.7. The van der Waals surface area contributed by atoms with Crippen molar-refractivity contribution in [2.24, 2.45) is 0 Å². The minimum absolute atomic E-state index is 0.0127. The van der Waals surface area contributed by atoms with Crippen molar-refractivity contribution >= 4 is 5.71 Å². The summed E-state index contributed by atoms with van der Waals surface area (Å²) >= 11 is 0. The number of hydrogen-bond acceptors (Lipinski definition) is 4. The molecule has 0 saturated carbocycles. The van der Waals surface area contributed by atoms with Crippen LogP contribution in [0.4, 0.5) is 0 Å². The Hall–Kier alpha value is -2.17. The summed E-state index contributed by atoms with van der Waals surface area (Å²) in [6.07, 6.45) is 4.93. The van der Waals surface area contributed by atoms with Gasteiger partial charge in [0.05, 0.1) is 12.3 Å². The summed E-state index contributed by atoms with van der Waals surface area (Å²) in [6.45, 7) is 7.40. The van der Waals surface area contributed by atoms with Gasteiger partial charge in [-0.15, -0.1) is 0 Å². The van der Waals surface area contributed by atoms with E-state index in [-0.39, 0.29) is 13.2 Å². The maximum absolute atomic E-state index is 8.91. The van der Waals surface area contributed by atoms with Crippen LogP contribution in [0.15, 0.2) is 61.2 Å². The lowest BCUT2D eigenvalue weighted by Crippen LogP contribution is -2.11. The summed E-state index contributed by atoms with van der Waals surface area (Å²) in [7, 11) is 1.00.